The molecule has 0 saturated carbocycles. The Balaban J connectivity index is 2.47. The highest BCUT2D eigenvalue weighted by molar-refractivity contribution is 6.06. The van der Waals surface area contributed by atoms with Crippen molar-refractivity contribution in [2.24, 2.45) is 5.92 Å². The summed E-state index contributed by atoms with van der Waals surface area (Å²) in [7, 11) is 0. The predicted molar refractivity (Wildman–Crippen MR) is 68.2 cm³/mol. The van der Waals surface area contributed by atoms with Gasteiger partial charge >= 0.3 is 0 Å². The van der Waals surface area contributed by atoms with Crippen molar-refractivity contribution < 1.29 is 9.53 Å². The monoisotopic (exact) mass is 230 g/mol. The molecule has 0 aromatic rings. The number of allylic oxidation sites excluding steroid dienone is 4. The topological polar surface area (TPSA) is 26.3 Å². The van der Waals surface area contributed by atoms with Crippen molar-refractivity contribution >= 4 is 5.78 Å². The fourth-order valence-corrected chi connectivity index (χ4v) is 2.49. The maximum Gasteiger partial charge on any atom is 0.185 e. The summed E-state index contributed by atoms with van der Waals surface area (Å²) >= 11 is 0. The number of ketones is 1. The molecule has 17 heavy (non-hydrogen) atoms. The lowest BCUT2D eigenvalue weighted by molar-refractivity contribution is -0.111. The van der Waals surface area contributed by atoms with Crippen molar-refractivity contribution in [1.29, 1.82) is 0 Å². The first-order chi connectivity index (χ1) is 8.00. The van der Waals surface area contributed by atoms with E-state index in [0.29, 0.717) is 17.4 Å². The van der Waals surface area contributed by atoms with Crippen LogP contribution in [0.25, 0.3) is 0 Å². The Labute approximate surface area is 102 Å². The third-order valence-corrected chi connectivity index (χ3v) is 3.40. The average molecular weight is 230 g/mol. The maximum absolute atomic E-state index is 12.2. The fraction of sp³-hybridized carbons (Fsp3) is 0.400. The molecule has 0 bridgehead atoms. The number of hydrogen-bond acceptors (Lipinski definition) is 2. The third-order valence-electron chi connectivity index (χ3n) is 3.40. The molecule has 0 fully saturated rings. The first-order valence-corrected chi connectivity index (χ1v) is 6.02. The van der Waals surface area contributed by atoms with Gasteiger partial charge in [0.25, 0.3) is 0 Å². The van der Waals surface area contributed by atoms with E-state index in [1.54, 1.807) is 6.08 Å². The van der Waals surface area contributed by atoms with Crippen molar-refractivity contribution in [3.05, 3.63) is 47.5 Å². The summed E-state index contributed by atoms with van der Waals surface area (Å²) in [6.07, 6.45) is 4.54. The standard InChI is InChI=1S/C15H18O2/c1-9(2)14-8-13(16)12-7-5-6-10(3)15(12)11(4)17-14/h8,10H,1,4-7H2,2-3H3/t10-/m0/s1. The average Bonchev–Trinajstić information content (AvgIpc) is 2.38. The van der Waals surface area contributed by atoms with Crippen LogP contribution >= 0.6 is 0 Å². The zero-order valence-electron chi connectivity index (χ0n) is 10.5. The van der Waals surface area contributed by atoms with Gasteiger partial charge < -0.3 is 4.74 Å². The van der Waals surface area contributed by atoms with Crippen LogP contribution in [0.3, 0.4) is 0 Å². The van der Waals surface area contributed by atoms with Gasteiger partial charge in [-0.2, -0.15) is 0 Å². The summed E-state index contributed by atoms with van der Waals surface area (Å²) in [5.41, 5.74) is 2.64. The van der Waals surface area contributed by atoms with Gasteiger partial charge in [0.1, 0.15) is 11.5 Å². The quantitative estimate of drug-likeness (QED) is 0.687. The molecule has 2 nitrogen and oxygen atoms in total. The Bertz CT molecular complexity index is 463. The summed E-state index contributed by atoms with van der Waals surface area (Å²) < 4.78 is 5.67. The molecule has 2 aliphatic rings. The van der Waals surface area contributed by atoms with Crippen molar-refractivity contribution in [2.45, 2.75) is 33.1 Å². The first-order valence-electron chi connectivity index (χ1n) is 6.02. The molecule has 1 atom stereocenters. The molecule has 0 aromatic heterocycles. The lowest BCUT2D eigenvalue weighted by Crippen LogP contribution is -2.14. The summed E-state index contributed by atoms with van der Waals surface area (Å²) in [5, 5.41) is 0. The SMILES string of the molecule is C=C(C)C1=CC(=O)C2=C(C(=C)O1)[C@@H](C)CCC2. The van der Waals surface area contributed by atoms with Gasteiger partial charge in [0.2, 0.25) is 0 Å². The van der Waals surface area contributed by atoms with Gasteiger partial charge in [-0.25, -0.2) is 0 Å². The van der Waals surface area contributed by atoms with E-state index < -0.39 is 0 Å². The van der Waals surface area contributed by atoms with Gasteiger partial charge in [0.05, 0.1) is 0 Å². The van der Waals surface area contributed by atoms with Crippen molar-refractivity contribution in [2.75, 3.05) is 0 Å². The first kappa shape index (κ1) is 11.9. The minimum absolute atomic E-state index is 0.0585. The van der Waals surface area contributed by atoms with E-state index in [-0.39, 0.29) is 5.78 Å². The Hall–Kier alpha value is -1.57. The molecule has 90 valence electrons. The highest BCUT2D eigenvalue weighted by Gasteiger charge is 2.29. The molecule has 2 rings (SSSR count). The van der Waals surface area contributed by atoms with Crippen LogP contribution in [0.1, 0.15) is 33.1 Å². The van der Waals surface area contributed by atoms with Crippen molar-refractivity contribution in [1.82, 2.24) is 0 Å². The Morgan fingerprint density at radius 1 is 1.53 bits per heavy atom. The smallest absolute Gasteiger partial charge is 0.185 e. The summed E-state index contributed by atoms with van der Waals surface area (Å²) in [5.74, 6) is 1.57. The molecule has 0 radical (unpaired) electrons. The van der Waals surface area contributed by atoms with Gasteiger partial charge in [-0.3, -0.25) is 4.79 Å². The summed E-state index contributed by atoms with van der Waals surface area (Å²) in [4.78, 5) is 12.2. The van der Waals surface area contributed by atoms with Crippen LogP contribution in [0.5, 0.6) is 0 Å². The van der Waals surface area contributed by atoms with Gasteiger partial charge in [-0.15, -0.1) is 0 Å². The predicted octanol–water partition coefficient (Wildman–Crippen LogP) is 3.68. The lowest BCUT2D eigenvalue weighted by atomic mass is 9.81. The van der Waals surface area contributed by atoms with E-state index in [4.69, 9.17) is 4.74 Å². The molecule has 0 amide bonds. The molecular weight excluding hydrogens is 212 g/mol. The number of ether oxygens (including phenoxy) is 1. The number of carbonyl (C=O) groups excluding carboxylic acids is 1. The van der Waals surface area contributed by atoms with E-state index in [9.17, 15) is 4.79 Å². The Morgan fingerprint density at radius 2 is 2.24 bits per heavy atom. The van der Waals surface area contributed by atoms with E-state index in [2.05, 4.69) is 20.1 Å². The molecule has 1 aliphatic carbocycles. The van der Waals surface area contributed by atoms with Gasteiger partial charge in [-0.05, 0) is 37.7 Å². The second-order valence-electron chi connectivity index (χ2n) is 4.86. The minimum atomic E-state index is 0.0585. The molecule has 0 spiro atoms. The van der Waals surface area contributed by atoms with Crippen LogP contribution in [-0.4, -0.2) is 5.78 Å². The minimum Gasteiger partial charge on any atom is -0.457 e. The van der Waals surface area contributed by atoms with Crippen molar-refractivity contribution in [3.63, 3.8) is 0 Å². The third kappa shape index (κ3) is 2.12. The Morgan fingerprint density at radius 3 is 2.88 bits per heavy atom. The van der Waals surface area contributed by atoms with Crippen LogP contribution in [-0.2, 0) is 9.53 Å². The number of carbonyl (C=O) groups is 1. The normalized spacial score (nSPS) is 24.8. The fourth-order valence-electron chi connectivity index (χ4n) is 2.49. The van der Waals surface area contributed by atoms with Crippen LogP contribution < -0.4 is 0 Å². The van der Waals surface area contributed by atoms with Gasteiger partial charge in [0, 0.05) is 17.2 Å². The molecule has 1 aliphatic heterocycles. The van der Waals surface area contributed by atoms with Crippen LogP contribution in [0.4, 0.5) is 0 Å². The Kier molecular flexibility index (Phi) is 3.05. The van der Waals surface area contributed by atoms with Crippen LogP contribution in [0, 0.1) is 5.92 Å². The van der Waals surface area contributed by atoms with Gasteiger partial charge in [0.15, 0.2) is 5.78 Å². The molecule has 0 aromatic carbocycles. The molecule has 0 N–H and O–H groups in total. The van der Waals surface area contributed by atoms with Crippen LogP contribution in [0.15, 0.2) is 47.5 Å². The molecule has 0 unspecified atom stereocenters. The second kappa shape index (κ2) is 4.36. The molecular formula is C15H18O2. The van der Waals surface area contributed by atoms with E-state index >= 15 is 0 Å². The summed E-state index contributed by atoms with van der Waals surface area (Å²) in [6.45, 7) is 11.7. The van der Waals surface area contributed by atoms with Crippen LogP contribution in [0.2, 0.25) is 0 Å². The lowest BCUT2D eigenvalue weighted by Gasteiger charge is -2.24. The maximum atomic E-state index is 12.2. The van der Waals surface area contributed by atoms with E-state index in [1.807, 2.05) is 6.92 Å². The highest BCUT2D eigenvalue weighted by Crippen LogP contribution is 2.38. The second-order valence-corrected chi connectivity index (χ2v) is 4.86. The number of rotatable bonds is 1. The number of hydrogen-bond donors (Lipinski definition) is 0. The van der Waals surface area contributed by atoms with Gasteiger partial charge in [-0.1, -0.05) is 20.1 Å². The largest absolute Gasteiger partial charge is 0.457 e. The zero-order chi connectivity index (χ0) is 12.6. The van der Waals surface area contributed by atoms with E-state index in [0.717, 1.165) is 36.0 Å². The molecule has 2 heteroatoms. The molecule has 0 saturated heterocycles. The van der Waals surface area contributed by atoms with Crippen molar-refractivity contribution in [3.8, 4) is 0 Å². The zero-order valence-corrected chi connectivity index (χ0v) is 10.5. The molecule has 1 heterocycles. The summed E-state index contributed by atoms with van der Waals surface area (Å²) in [6, 6.07) is 0. The highest BCUT2D eigenvalue weighted by atomic mass is 16.5. The van der Waals surface area contributed by atoms with E-state index in [1.165, 1.54) is 0 Å².